The first kappa shape index (κ1) is 16.2. The number of aromatic nitrogens is 4. The molecule has 8 heteroatoms. The third-order valence-corrected chi connectivity index (χ3v) is 4.67. The summed E-state index contributed by atoms with van der Waals surface area (Å²) in [6, 6.07) is 9.41. The van der Waals surface area contributed by atoms with E-state index in [0.29, 0.717) is 25.2 Å². The second-order valence-corrected chi connectivity index (χ2v) is 6.33. The van der Waals surface area contributed by atoms with Crippen LogP contribution in [0, 0.1) is 5.92 Å². The lowest BCUT2D eigenvalue weighted by atomic mass is 9.96. The smallest absolute Gasteiger partial charge is 0.230 e. The number of hydrogen-bond donors (Lipinski definition) is 1. The summed E-state index contributed by atoms with van der Waals surface area (Å²) in [7, 11) is 1.81. The van der Waals surface area contributed by atoms with Crippen molar-refractivity contribution in [2.75, 3.05) is 16.8 Å². The molecule has 132 valence electrons. The van der Waals surface area contributed by atoms with Crippen molar-refractivity contribution >= 4 is 34.2 Å². The van der Waals surface area contributed by atoms with Crippen molar-refractivity contribution in [2.24, 2.45) is 13.0 Å². The Kier molecular flexibility index (Phi) is 4.08. The number of anilines is 2. The minimum Gasteiger partial charge on any atom is -0.312 e. The van der Waals surface area contributed by atoms with E-state index >= 15 is 0 Å². The second kappa shape index (κ2) is 6.55. The first-order valence-corrected chi connectivity index (χ1v) is 8.43. The molecule has 0 aliphatic carbocycles. The Hall–Kier alpha value is -3.29. The fraction of sp³-hybridized carbons (Fsp3) is 0.278. The zero-order valence-corrected chi connectivity index (χ0v) is 14.3. The van der Waals surface area contributed by atoms with E-state index in [9.17, 15) is 9.59 Å². The van der Waals surface area contributed by atoms with Gasteiger partial charge in [-0.2, -0.15) is 10.2 Å². The Labute approximate surface area is 149 Å². The van der Waals surface area contributed by atoms with E-state index in [4.69, 9.17) is 0 Å². The summed E-state index contributed by atoms with van der Waals surface area (Å²) in [5.41, 5.74) is 1.60. The van der Waals surface area contributed by atoms with Crippen molar-refractivity contribution in [1.82, 2.24) is 20.0 Å². The minimum absolute atomic E-state index is 0.0365. The fourth-order valence-electron chi connectivity index (χ4n) is 3.21. The largest absolute Gasteiger partial charge is 0.312 e. The van der Waals surface area contributed by atoms with Gasteiger partial charge in [-0.1, -0.05) is 18.2 Å². The normalized spacial score (nSPS) is 17.5. The maximum Gasteiger partial charge on any atom is 0.230 e. The number of fused-ring (bicyclic) bond motifs is 1. The van der Waals surface area contributed by atoms with Crippen molar-refractivity contribution in [3.8, 4) is 0 Å². The lowest BCUT2D eigenvalue weighted by molar-refractivity contribution is -0.124. The van der Waals surface area contributed by atoms with Crippen LogP contribution in [0.4, 0.5) is 11.5 Å². The first-order valence-electron chi connectivity index (χ1n) is 8.43. The van der Waals surface area contributed by atoms with Gasteiger partial charge in [0.2, 0.25) is 11.8 Å². The van der Waals surface area contributed by atoms with Crippen LogP contribution in [0.1, 0.15) is 12.8 Å². The van der Waals surface area contributed by atoms with Gasteiger partial charge in [-0.25, -0.2) is 0 Å². The molecule has 1 saturated heterocycles. The number of amides is 2. The molecule has 0 saturated carbocycles. The molecule has 0 radical (unpaired) electrons. The van der Waals surface area contributed by atoms with Gasteiger partial charge in [0.05, 0.1) is 29.2 Å². The molecule has 0 spiro atoms. The number of hydrogen-bond acceptors (Lipinski definition) is 5. The molecule has 1 N–H and O–H groups in total. The van der Waals surface area contributed by atoms with Crippen LogP contribution in [0.25, 0.3) is 10.9 Å². The van der Waals surface area contributed by atoms with Gasteiger partial charge >= 0.3 is 0 Å². The van der Waals surface area contributed by atoms with Crippen LogP contribution in [-0.4, -0.2) is 38.3 Å². The molecule has 3 heterocycles. The van der Waals surface area contributed by atoms with Crippen LogP contribution in [0.5, 0.6) is 0 Å². The van der Waals surface area contributed by atoms with E-state index in [1.807, 2.05) is 30.3 Å². The maximum absolute atomic E-state index is 12.8. The lowest BCUT2D eigenvalue weighted by Gasteiger charge is -2.31. The van der Waals surface area contributed by atoms with Gasteiger partial charge in [0, 0.05) is 25.7 Å². The van der Waals surface area contributed by atoms with Gasteiger partial charge in [0.1, 0.15) is 0 Å². The van der Waals surface area contributed by atoms with Crippen molar-refractivity contribution in [1.29, 1.82) is 0 Å². The molecule has 2 aromatic heterocycles. The number of para-hydroxylation sites is 1. The van der Waals surface area contributed by atoms with E-state index in [1.54, 1.807) is 29.0 Å². The molecule has 8 nitrogen and oxygen atoms in total. The topological polar surface area (TPSA) is 93.0 Å². The van der Waals surface area contributed by atoms with Crippen LogP contribution in [-0.2, 0) is 16.6 Å². The highest BCUT2D eigenvalue weighted by atomic mass is 16.2. The molecule has 4 rings (SSSR count). The molecular weight excluding hydrogens is 332 g/mol. The van der Waals surface area contributed by atoms with E-state index in [1.165, 1.54) is 0 Å². The van der Waals surface area contributed by atoms with Crippen LogP contribution in [0.2, 0.25) is 0 Å². The standard InChI is InChI=1S/C18H18N6O2/c1-23-15-10-19-22-17(14(15)9-20-23)21-18(26)12-7-8-16(25)24(11-12)13-5-3-2-4-6-13/h2-6,9-10,12H,7-8,11H2,1H3,(H,21,22,26). The molecule has 1 unspecified atom stereocenters. The number of carbonyl (C=O) groups is 2. The van der Waals surface area contributed by atoms with E-state index < -0.39 is 0 Å². The summed E-state index contributed by atoms with van der Waals surface area (Å²) >= 11 is 0. The first-order chi connectivity index (χ1) is 12.6. The molecule has 1 aromatic carbocycles. The molecule has 1 fully saturated rings. The molecule has 26 heavy (non-hydrogen) atoms. The van der Waals surface area contributed by atoms with Gasteiger partial charge in [-0.05, 0) is 18.6 Å². The van der Waals surface area contributed by atoms with Gasteiger partial charge in [0.15, 0.2) is 5.82 Å². The molecule has 0 bridgehead atoms. The van der Waals surface area contributed by atoms with Crippen molar-refractivity contribution < 1.29 is 9.59 Å². The lowest BCUT2D eigenvalue weighted by Crippen LogP contribution is -2.44. The summed E-state index contributed by atoms with van der Waals surface area (Å²) < 4.78 is 1.68. The minimum atomic E-state index is -0.304. The number of nitrogens with zero attached hydrogens (tertiary/aromatic N) is 5. The Morgan fingerprint density at radius 3 is 2.85 bits per heavy atom. The van der Waals surface area contributed by atoms with Crippen LogP contribution >= 0.6 is 0 Å². The molecule has 1 aliphatic rings. The molecule has 2 amide bonds. The molecule has 1 aliphatic heterocycles. The number of nitrogens with one attached hydrogen (secondary N) is 1. The molecule has 3 aromatic rings. The quantitative estimate of drug-likeness (QED) is 0.777. The Balaban J connectivity index is 1.53. The van der Waals surface area contributed by atoms with Crippen LogP contribution in [0.15, 0.2) is 42.7 Å². The SMILES string of the molecule is Cn1ncc2c(NC(=O)C3CCC(=O)N(c4ccccc4)C3)nncc21. The van der Waals surface area contributed by atoms with Crippen molar-refractivity contribution in [3.63, 3.8) is 0 Å². The van der Waals surface area contributed by atoms with Crippen molar-refractivity contribution in [2.45, 2.75) is 12.8 Å². The Morgan fingerprint density at radius 1 is 1.23 bits per heavy atom. The summed E-state index contributed by atoms with van der Waals surface area (Å²) in [4.78, 5) is 26.7. The highest BCUT2D eigenvalue weighted by Crippen LogP contribution is 2.26. The number of aryl methyl sites for hydroxylation is 1. The van der Waals surface area contributed by atoms with Crippen molar-refractivity contribution in [3.05, 3.63) is 42.7 Å². The van der Waals surface area contributed by atoms with Gasteiger partial charge in [0.25, 0.3) is 0 Å². The number of carbonyl (C=O) groups excluding carboxylic acids is 2. The third-order valence-electron chi connectivity index (χ3n) is 4.67. The van der Waals surface area contributed by atoms with Gasteiger partial charge in [-0.15, -0.1) is 5.10 Å². The summed E-state index contributed by atoms with van der Waals surface area (Å²) in [5.74, 6) is -0.0381. The summed E-state index contributed by atoms with van der Waals surface area (Å²) in [5, 5.41) is 15.7. The highest BCUT2D eigenvalue weighted by molar-refractivity contribution is 6.02. The van der Waals surface area contributed by atoms with Gasteiger partial charge < -0.3 is 10.2 Å². The van der Waals surface area contributed by atoms with E-state index in [2.05, 4.69) is 20.6 Å². The molecular formula is C18H18N6O2. The predicted octanol–water partition coefficient (Wildman–Crippen LogP) is 1.74. The number of piperidine rings is 1. The number of benzene rings is 1. The summed E-state index contributed by atoms with van der Waals surface area (Å²) in [6.07, 6.45) is 4.12. The van der Waals surface area contributed by atoms with Crippen LogP contribution < -0.4 is 10.2 Å². The second-order valence-electron chi connectivity index (χ2n) is 6.33. The molecule has 1 atom stereocenters. The third kappa shape index (κ3) is 2.90. The average Bonchev–Trinajstić information content (AvgIpc) is 3.05. The maximum atomic E-state index is 12.8. The Bertz CT molecular complexity index is 968. The Morgan fingerprint density at radius 2 is 2.04 bits per heavy atom. The van der Waals surface area contributed by atoms with Crippen LogP contribution in [0.3, 0.4) is 0 Å². The predicted molar refractivity (Wildman–Crippen MR) is 96.5 cm³/mol. The van der Waals surface area contributed by atoms with E-state index in [-0.39, 0.29) is 17.7 Å². The average molecular weight is 350 g/mol. The zero-order chi connectivity index (χ0) is 18.1. The monoisotopic (exact) mass is 350 g/mol. The van der Waals surface area contributed by atoms with E-state index in [0.717, 1.165) is 16.6 Å². The summed E-state index contributed by atoms with van der Waals surface area (Å²) in [6.45, 7) is 0.352. The highest BCUT2D eigenvalue weighted by Gasteiger charge is 2.31. The number of rotatable bonds is 3. The van der Waals surface area contributed by atoms with Gasteiger partial charge in [-0.3, -0.25) is 14.3 Å². The fourth-order valence-corrected chi connectivity index (χ4v) is 3.21. The zero-order valence-electron chi connectivity index (χ0n) is 14.3.